The molecule has 3 N–H and O–H groups in total. The molecule has 3 amide bonds. The van der Waals surface area contributed by atoms with Crippen molar-refractivity contribution in [2.45, 2.75) is 75.6 Å². The molecule has 3 saturated heterocycles. The van der Waals surface area contributed by atoms with Gasteiger partial charge in [-0.25, -0.2) is 4.79 Å². The summed E-state index contributed by atoms with van der Waals surface area (Å²) in [5, 5.41) is 24.3. The number of imide groups is 1. The Morgan fingerprint density at radius 2 is 1.50 bits per heavy atom. The highest BCUT2D eigenvalue weighted by atomic mass is 35.5. The summed E-state index contributed by atoms with van der Waals surface area (Å²) in [6.45, 7) is 2.21. The first-order valence-electron chi connectivity index (χ1n) is 20.3. The molecule has 0 saturated carbocycles. The average Bonchev–Trinajstić information content (AvgIpc) is 3.54. The van der Waals surface area contributed by atoms with Crippen molar-refractivity contribution >= 4 is 29.5 Å². The molecule has 0 spiro atoms. The highest BCUT2D eigenvalue weighted by Gasteiger charge is 2.40. The van der Waals surface area contributed by atoms with Crippen molar-refractivity contribution in [1.82, 2.24) is 15.1 Å². The van der Waals surface area contributed by atoms with Crippen molar-refractivity contribution in [3.8, 4) is 11.1 Å². The second kappa shape index (κ2) is 18.5. The van der Waals surface area contributed by atoms with Gasteiger partial charge in [-0.15, -0.1) is 0 Å². The van der Waals surface area contributed by atoms with Gasteiger partial charge in [-0.2, -0.15) is 0 Å². The summed E-state index contributed by atoms with van der Waals surface area (Å²) in [5.74, 6) is -0.837. The Kier molecular flexibility index (Phi) is 12.7. The molecule has 60 heavy (non-hydrogen) atoms. The van der Waals surface area contributed by atoms with Crippen LogP contribution in [0.15, 0.2) is 127 Å². The number of amides is 3. The van der Waals surface area contributed by atoms with Gasteiger partial charge in [-0.1, -0.05) is 121 Å². The molecule has 5 aromatic carbocycles. The number of piperidine rings is 1. The second-order valence-electron chi connectivity index (χ2n) is 15.8. The molecule has 4 atom stereocenters. The van der Waals surface area contributed by atoms with Crippen LogP contribution in [0, 0.1) is 0 Å². The number of ether oxygens (including phenoxy) is 3. The Bertz CT molecular complexity index is 2260. The van der Waals surface area contributed by atoms with Gasteiger partial charge in [0, 0.05) is 36.6 Å². The van der Waals surface area contributed by atoms with Crippen LogP contribution in [0.25, 0.3) is 11.1 Å². The molecule has 5 aromatic rings. The van der Waals surface area contributed by atoms with Crippen molar-refractivity contribution in [2.24, 2.45) is 0 Å². The molecule has 3 fully saturated rings. The molecule has 1 unspecified atom stereocenters. The van der Waals surface area contributed by atoms with Crippen LogP contribution in [0.3, 0.4) is 0 Å². The van der Waals surface area contributed by atoms with Crippen LogP contribution in [-0.2, 0) is 49.2 Å². The van der Waals surface area contributed by atoms with Gasteiger partial charge in [-0.05, 0) is 70.0 Å². The van der Waals surface area contributed by atoms with E-state index in [0.717, 1.165) is 57.6 Å². The maximum atomic E-state index is 13.2. The third kappa shape index (κ3) is 9.79. The number of carbonyl (C=O) groups excluding carboxylic acids is 3. The fraction of sp³-hybridized carbons (Fsp3) is 0.312. The number of hydrogen-bond acceptors (Lipinski definition) is 9. The smallest absolute Gasteiger partial charge is 0.408 e. The van der Waals surface area contributed by atoms with Crippen LogP contribution >= 0.6 is 11.6 Å². The van der Waals surface area contributed by atoms with Gasteiger partial charge in [0.25, 0.3) is 5.91 Å². The number of carbonyl (C=O) groups is 3. The standard InChI is InChI=1S/C48H48ClN3O8/c49-40-19-17-39(18-20-40)48(57)21-23-51(24-22-48)29-41-26-43(36-11-9-32(30-53)10-12-36)60-46(59-41)37-15-13-35(14-16-37)38-8-4-7-34(25-38)28-52-44(54)27-42(45(52)55)50-47(56)58-31-33-5-2-1-3-6-33/h1-20,25,41-43,46,53,57H,21-24,26-31H2,(H,50,56)/t41-,42?,43+,46+/m1/s1. The van der Waals surface area contributed by atoms with Crippen LogP contribution in [0.4, 0.5) is 4.79 Å². The van der Waals surface area contributed by atoms with Gasteiger partial charge in [0.2, 0.25) is 5.91 Å². The van der Waals surface area contributed by atoms with E-state index in [1.165, 1.54) is 4.90 Å². The molecule has 3 heterocycles. The number of hydrogen-bond donors (Lipinski definition) is 3. The van der Waals surface area contributed by atoms with Crippen molar-refractivity contribution in [3.05, 3.63) is 166 Å². The van der Waals surface area contributed by atoms with E-state index in [1.807, 2.05) is 127 Å². The molecule has 310 valence electrons. The minimum absolute atomic E-state index is 0.0346. The summed E-state index contributed by atoms with van der Waals surface area (Å²) in [5.41, 5.74) is 6.11. The lowest BCUT2D eigenvalue weighted by Gasteiger charge is -2.42. The van der Waals surface area contributed by atoms with Crippen LogP contribution in [0.1, 0.15) is 71.5 Å². The van der Waals surface area contributed by atoms with Crippen LogP contribution in [-0.4, -0.2) is 69.7 Å². The molecule has 0 radical (unpaired) electrons. The van der Waals surface area contributed by atoms with Gasteiger partial charge in [0.1, 0.15) is 12.6 Å². The SMILES string of the molecule is O=C(NC1CC(=O)N(Cc2cccc(-c3ccc([C@H]4O[C@@H](CN5CCC(O)(c6ccc(Cl)cc6)CC5)C[C@@H](c5ccc(CO)cc5)O4)cc3)c2)C1=O)OCc1ccccc1. The monoisotopic (exact) mass is 829 g/mol. The molecule has 8 rings (SSSR count). The summed E-state index contributed by atoms with van der Waals surface area (Å²) in [7, 11) is 0. The first-order chi connectivity index (χ1) is 29.1. The van der Waals surface area contributed by atoms with E-state index in [2.05, 4.69) is 10.2 Å². The van der Waals surface area contributed by atoms with E-state index in [4.69, 9.17) is 25.8 Å². The van der Waals surface area contributed by atoms with Gasteiger partial charge in [-0.3, -0.25) is 14.5 Å². The number of nitrogens with one attached hydrogen (secondary N) is 1. The van der Waals surface area contributed by atoms with E-state index >= 15 is 0 Å². The lowest BCUT2D eigenvalue weighted by molar-refractivity contribution is -0.253. The van der Waals surface area contributed by atoms with E-state index in [-0.39, 0.29) is 44.3 Å². The number of rotatable bonds is 12. The van der Waals surface area contributed by atoms with Crippen LogP contribution < -0.4 is 5.32 Å². The topological polar surface area (TPSA) is 138 Å². The average molecular weight is 830 g/mol. The third-order valence-electron chi connectivity index (χ3n) is 11.7. The second-order valence-corrected chi connectivity index (χ2v) is 16.2. The van der Waals surface area contributed by atoms with E-state index in [0.29, 0.717) is 30.8 Å². The lowest BCUT2D eigenvalue weighted by Crippen LogP contribution is -2.46. The number of nitrogens with zero attached hydrogens (tertiary/aromatic N) is 2. The largest absolute Gasteiger partial charge is 0.445 e. The molecule has 0 aliphatic carbocycles. The number of aliphatic hydroxyl groups excluding tert-OH is 1. The Morgan fingerprint density at radius 1 is 0.800 bits per heavy atom. The Morgan fingerprint density at radius 3 is 2.22 bits per heavy atom. The molecule has 3 aliphatic rings. The molecule has 12 heteroatoms. The van der Waals surface area contributed by atoms with Gasteiger partial charge < -0.3 is 34.6 Å². The number of alkyl carbamates (subject to hydrolysis) is 1. The van der Waals surface area contributed by atoms with Crippen molar-refractivity contribution < 1.29 is 38.8 Å². The summed E-state index contributed by atoms with van der Waals surface area (Å²) in [6, 6.07) is 39.2. The maximum Gasteiger partial charge on any atom is 0.408 e. The minimum atomic E-state index is -0.986. The summed E-state index contributed by atoms with van der Waals surface area (Å²) < 4.78 is 18.5. The van der Waals surface area contributed by atoms with Gasteiger partial charge >= 0.3 is 6.09 Å². The highest BCUT2D eigenvalue weighted by molar-refractivity contribution is 6.30. The van der Waals surface area contributed by atoms with Crippen LogP contribution in [0.5, 0.6) is 0 Å². The molecular formula is C48H48ClN3O8. The summed E-state index contributed by atoms with van der Waals surface area (Å²) in [6.07, 6.45) is -0.0478. The predicted octanol–water partition coefficient (Wildman–Crippen LogP) is 7.58. The zero-order valence-corrected chi connectivity index (χ0v) is 33.9. The molecule has 3 aliphatic heterocycles. The first-order valence-corrected chi connectivity index (χ1v) is 20.7. The lowest BCUT2D eigenvalue weighted by atomic mass is 9.84. The van der Waals surface area contributed by atoms with Gasteiger partial charge in [0.15, 0.2) is 6.29 Å². The zero-order valence-electron chi connectivity index (χ0n) is 33.1. The number of likely N-dealkylation sites (tertiary alicyclic amines) is 2. The van der Waals surface area contributed by atoms with Crippen molar-refractivity contribution in [2.75, 3.05) is 19.6 Å². The van der Waals surface area contributed by atoms with E-state index in [9.17, 15) is 24.6 Å². The Balaban J connectivity index is 0.912. The van der Waals surface area contributed by atoms with Crippen LogP contribution in [0.2, 0.25) is 5.02 Å². The normalized spacial score (nSPS) is 21.8. The summed E-state index contributed by atoms with van der Waals surface area (Å²) in [4.78, 5) is 42.1. The molecule has 0 bridgehead atoms. The van der Waals surface area contributed by atoms with E-state index in [1.54, 1.807) is 0 Å². The fourth-order valence-corrected chi connectivity index (χ4v) is 8.33. The quantitative estimate of drug-likeness (QED) is 0.109. The maximum absolute atomic E-state index is 13.2. The van der Waals surface area contributed by atoms with Gasteiger partial charge in [0.05, 0.1) is 37.4 Å². The molecule has 0 aromatic heterocycles. The van der Waals surface area contributed by atoms with E-state index < -0.39 is 29.9 Å². The Hall–Kier alpha value is -5.40. The number of aliphatic hydroxyl groups is 2. The Labute approximate surface area is 354 Å². The van der Waals surface area contributed by atoms with Crippen molar-refractivity contribution in [1.29, 1.82) is 0 Å². The number of benzene rings is 5. The predicted molar refractivity (Wildman–Crippen MR) is 225 cm³/mol. The molecular weight excluding hydrogens is 782 g/mol. The first kappa shape index (κ1) is 41.3. The van der Waals surface area contributed by atoms with Crippen molar-refractivity contribution in [3.63, 3.8) is 0 Å². The zero-order chi connectivity index (χ0) is 41.6. The fourth-order valence-electron chi connectivity index (χ4n) is 8.21. The third-order valence-corrected chi connectivity index (χ3v) is 11.9. The highest BCUT2D eigenvalue weighted by Crippen LogP contribution is 2.40. The minimum Gasteiger partial charge on any atom is -0.445 e. The molecule has 11 nitrogen and oxygen atoms in total. The summed E-state index contributed by atoms with van der Waals surface area (Å²) >= 11 is 6.11. The number of halogens is 1.